The number of morpholine rings is 1. The first-order chi connectivity index (χ1) is 9.72. The van der Waals surface area contributed by atoms with Gasteiger partial charge in [-0.2, -0.15) is 4.80 Å². The van der Waals surface area contributed by atoms with Gasteiger partial charge < -0.3 is 9.64 Å². The van der Waals surface area contributed by atoms with E-state index < -0.39 is 0 Å². The van der Waals surface area contributed by atoms with Gasteiger partial charge in [-0.05, 0) is 23.6 Å². The van der Waals surface area contributed by atoms with E-state index in [0.29, 0.717) is 25.5 Å². The SMILES string of the molecule is C[C@@H]1CN(C(=O)Cn2nnc(-c3cccs3)n2)CCO1. The summed E-state index contributed by atoms with van der Waals surface area (Å²) in [7, 11) is 0. The highest BCUT2D eigenvalue weighted by molar-refractivity contribution is 7.13. The molecule has 106 valence electrons. The molecule has 1 aliphatic heterocycles. The van der Waals surface area contributed by atoms with E-state index in [0.717, 1.165) is 4.88 Å². The van der Waals surface area contributed by atoms with Gasteiger partial charge in [0.05, 0.1) is 17.6 Å². The second-order valence-electron chi connectivity index (χ2n) is 4.64. The van der Waals surface area contributed by atoms with E-state index in [1.54, 1.807) is 16.2 Å². The Kier molecular flexibility index (Phi) is 3.75. The van der Waals surface area contributed by atoms with Crippen molar-refractivity contribution in [2.75, 3.05) is 19.7 Å². The van der Waals surface area contributed by atoms with Gasteiger partial charge in [0.1, 0.15) is 6.54 Å². The number of amides is 1. The van der Waals surface area contributed by atoms with Crippen molar-refractivity contribution in [3.05, 3.63) is 17.5 Å². The second kappa shape index (κ2) is 5.68. The third-order valence-electron chi connectivity index (χ3n) is 3.06. The summed E-state index contributed by atoms with van der Waals surface area (Å²) in [6.45, 7) is 3.90. The minimum atomic E-state index is -0.00437. The average molecular weight is 293 g/mol. The van der Waals surface area contributed by atoms with Crippen LogP contribution in [0, 0.1) is 0 Å². The molecule has 20 heavy (non-hydrogen) atoms. The van der Waals surface area contributed by atoms with E-state index in [2.05, 4.69) is 15.4 Å². The fourth-order valence-electron chi connectivity index (χ4n) is 2.08. The van der Waals surface area contributed by atoms with Crippen molar-refractivity contribution < 1.29 is 9.53 Å². The molecule has 0 aromatic carbocycles. The summed E-state index contributed by atoms with van der Waals surface area (Å²) in [6, 6.07) is 3.86. The fraction of sp³-hybridized carbons (Fsp3) is 0.500. The van der Waals surface area contributed by atoms with Crippen LogP contribution in [-0.2, 0) is 16.1 Å². The minimum absolute atomic E-state index is 0.00437. The monoisotopic (exact) mass is 293 g/mol. The van der Waals surface area contributed by atoms with Crippen LogP contribution in [0.4, 0.5) is 0 Å². The first-order valence-corrected chi connectivity index (χ1v) is 7.31. The first kappa shape index (κ1) is 13.2. The highest BCUT2D eigenvalue weighted by atomic mass is 32.1. The van der Waals surface area contributed by atoms with Crippen LogP contribution in [0.2, 0.25) is 0 Å². The van der Waals surface area contributed by atoms with Gasteiger partial charge >= 0.3 is 0 Å². The molecule has 0 N–H and O–H groups in total. The Morgan fingerprint density at radius 1 is 1.60 bits per heavy atom. The van der Waals surface area contributed by atoms with Crippen LogP contribution >= 0.6 is 11.3 Å². The van der Waals surface area contributed by atoms with Crippen LogP contribution < -0.4 is 0 Å². The summed E-state index contributed by atoms with van der Waals surface area (Å²) < 4.78 is 5.42. The maximum absolute atomic E-state index is 12.2. The van der Waals surface area contributed by atoms with E-state index in [1.165, 1.54) is 4.80 Å². The summed E-state index contributed by atoms with van der Waals surface area (Å²) in [5, 5.41) is 14.1. The fourth-order valence-corrected chi connectivity index (χ4v) is 2.73. The summed E-state index contributed by atoms with van der Waals surface area (Å²) in [6.07, 6.45) is 0.0816. The zero-order chi connectivity index (χ0) is 13.9. The van der Waals surface area contributed by atoms with Gasteiger partial charge in [-0.15, -0.1) is 21.5 Å². The van der Waals surface area contributed by atoms with E-state index >= 15 is 0 Å². The second-order valence-corrected chi connectivity index (χ2v) is 5.59. The van der Waals surface area contributed by atoms with E-state index in [9.17, 15) is 4.79 Å². The molecule has 2 aromatic heterocycles. The largest absolute Gasteiger partial charge is 0.375 e. The van der Waals surface area contributed by atoms with Crippen LogP contribution in [0.3, 0.4) is 0 Å². The summed E-state index contributed by atoms with van der Waals surface area (Å²) in [5.74, 6) is 0.554. The molecule has 1 amide bonds. The maximum atomic E-state index is 12.2. The summed E-state index contributed by atoms with van der Waals surface area (Å²) in [4.78, 5) is 16.2. The predicted molar refractivity (Wildman–Crippen MR) is 73.1 cm³/mol. The van der Waals surface area contributed by atoms with Crippen LogP contribution in [0.1, 0.15) is 6.92 Å². The Bertz CT molecular complexity index is 582. The van der Waals surface area contributed by atoms with Crippen molar-refractivity contribution in [2.24, 2.45) is 0 Å². The molecule has 1 aliphatic rings. The topological polar surface area (TPSA) is 73.1 Å². The van der Waals surface area contributed by atoms with Crippen LogP contribution in [-0.4, -0.2) is 56.8 Å². The molecule has 1 atom stereocenters. The lowest BCUT2D eigenvalue weighted by atomic mass is 10.3. The van der Waals surface area contributed by atoms with Gasteiger partial charge in [0, 0.05) is 13.1 Å². The van der Waals surface area contributed by atoms with Gasteiger partial charge in [0.25, 0.3) is 0 Å². The molecular formula is C12H15N5O2S. The van der Waals surface area contributed by atoms with Crippen molar-refractivity contribution in [3.8, 4) is 10.7 Å². The molecule has 8 heteroatoms. The first-order valence-electron chi connectivity index (χ1n) is 6.43. The predicted octanol–water partition coefficient (Wildman–Crippen LogP) is 0.649. The number of rotatable bonds is 3. The summed E-state index contributed by atoms with van der Waals surface area (Å²) >= 11 is 1.55. The number of ether oxygens (including phenoxy) is 1. The number of hydrogen-bond acceptors (Lipinski definition) is 6. The van der Waals surface area contributed by atoms with Crippen LogP contribution in [0.5, 0.6) is 0 Å². The highest BCUT2D eigenvalue weighted by Gasteiger charge is 2.22. The molecule has 0 radical (unpaired) electrons. The average Bonchev–Trinajstić information content (AvgIpc) is 3.08. The lowest BCUT2D eigenvalue weighted by Gasteiger charge is -2.30. The highest BCUT2D eigenvalue weighted by Crippen LogP contribution is 2.19. The van der Waals surface area contributed by atoms with E-state index in [-0.39, 0.29) is 18.6 Å². The number of thiophene rings is 1. The Hall–Kier alpha value is -1.80. The van der Waals surface area contributed by atoms with E-state index in [4.69, 9.17) is 4.74 Å². The van der Waals surface area contributed by atoms with Gasteiger partial charge in [0.2, 0.25) is 11.7 Å². The Balaban J connectivity index is 1.64. The molecule has 3 heterocycles. The van der Waals surface area contributed by atoms with Crippen molar-refractivity contribution in [1.82, 2.24) is 25.1 Å². The molecule has 0 bridgehead atoms. The number of tetrazole rings is 1. The molecule has 2 aromatic rings. The molecule has 7 nitrogen and oxygen atoms in total. The molecule has 0 aliphatic carbocycles. The number of hydrogen-bond donors (Lipinski definition) is 0. The van der Waals surface area contributed by atoms with Crippen LogP contribution in [0.15, 0.2) is 17.5 Å². The molecule has 1 saturated heterocycles. The standard InChI is InChI=1S/C12H15N5O2S/c1-9-7-16(4-5-19-9)11(18)8-17-14-12(13-15-17)10-3-2-6-20-10/h2-3,6,9H,4-5,7-8H2,1H3/t9-/m1/s1. The normalized spacial score (nSPS) is 19.2. The lowest BCUT2D eigenvalue weighted by Crippen LogP contribution is -2.45. The number of carbonyl (C=O) groups is 1. The Morgan fingerprint density at radius 2 is 2.50 bits per heavy atom. The molecule has 0 saturated carbocycles. The molecule has 3 rings (SSSR count). The molecule has 1 fully saturated rings. The lowest BCUT2D eigenvalue weighted by molar-refractivity contribution is -0.139. The van der Waals surface area contributed by atoms with Gasteiger partial charge in [0.15, 0.2) is 0 Å². The molecular weight excluding hydrogens is 278 g/mol. The van der Waals surface area contributed by atoms with Crippen molar-refractivity contribution in [3.63, 3.8) is 0 Å². The van der Waals surface area contributed by atoms with Crippen molar-refractivity contribution >= 4 is 17.2 Å². The zero-order valence-electron chi connectivity index (χ0n) is 11.1. The third kappa shape index (κ3) is 2.86. The quantitative estimate of drug-likeness (QED) is 0.830. The van der Waals surface area contributed by atoms with Crippen LogP contribution in [0.25, 0.3) is 10.7 Å². The molecule has 0 spiro atoms. The number of aromatic nitrogens is 4. The van der Waals surface area contributed by atoms with Gasteiger partial charge in [-0.1, -0.05) is 6.07 Å². The maximum Gasteiger partial charge on any atom is 0.246 e. The van der Waals surface area contributed by atoms with Crippen molar-refractivity contribution in [2.45, 2.75) is 19.6 Å². The number of nitrogens with zero attached hydrogens (tertiary/aromatic N) is 5. The van der Waals surface area contributed by atoms with E-state index in [1.807, 2.05) is 24.4 Å². The van der Waals surface area contributed by atoms with Gasteiger partial charge in [-0.25, -0.2) is 0 Å². The number of carbonyl (C=O) groups excluding carboxylic acids is 1. The summed E-state index contributed by atoms with van der Waals surface area (Å²) in [5.41, 5.74) is 0. The molecule has 0 unspecified atom stereocenters. The van der Waals surface area contributed by atoms with Gasteiger partial charge in [-0.3, -0.25) is 4.79 Å². The zero-order valence-corrected chi connectivity index (χ0v) is 11.9. The third-order valence-corrected chi connectivity index (χ3v) is 3.93. The minimum Gasteiger partial charge on any atom is -0.375 e. The smallest absolute Gasteiger partial charge is 0.246 e. The Labute approximate surface area is 120 Å². The van der Waals surface area contributed by atoms with Crippen molar-refractivity contribution in [1.29, 1.82) is 0 Å². The Morgan fingerprint density at radius 3 is 3.25 bits per heavy atom.